The number of nitrogens with zero attached hydrogens (tertiary/aromatic N) is 3. The molecule has 0 radical (unpaired) electrons. The largest absolute Gasteiger partial charge is 0.378 e. The van der Waals surface area contributed by atoms with Gasteiger partial charge in [-0.2, -0.15) is 28.0 Å². The predicted molar refractivity (Wildman–Crippen MR) is 89.6 cm³/mol. The molecule has 1 atom stereocenters. The van der Waals surface area contributed by atoms with Gasteiger partial charge in [0, 0.05) is 13.1 Å². The second-order valence-electron chi connectivity index (χ2n) is 5.49. The van der Waals surface area contributed by atoms with E-state index in [-0.39, 0.29) is 17.0 Å². The van der Waals surface area contributed by atoms with E-state index in [0.717, 1.165) is 0 Å². The number of rotatable bonds is 5. The van der Waals surface area contributed by atoms with Crippen LogP contribution in [0.2, 0.25) is 0 Å². The predicted octanol–water partition coefficient (Wildman–Crippen LogP) is 1.05. The van der Waals surface area contributed by atoms with Crippen LogP contribution in [0, 0.1) is 11.6 Å². The number of nitrogens with one attached hydrogen (secondary N) is 2. The van der Waals surface area contributed by atoms with E-state index in [9.17, 15) is 13.6 Å². The molecule has 2 heterocycles. The number of benzene rings is 1. The Morgan fingerprint density at radius 3 is 2.60 bits per heavy atom. The average Bonchev–Trinajstić information content (AvgIpc) is 3.14. The summed E-state index contributed by atoms with van der Waals surface area (Å²) in [7, 11) is 0. The third-order valence-electron chi connectivity index (χ3n) is 3.88. The molecule has 1 fully saturated rings. The van der Waals surface area contributed by atoms with Crippen molar-refractivity contribution >= 4 is 24.2 Å². The van der Waals surface area contributed by atoms with Gasteiger partial charge in [-0.05, 0) is 17.7 Å². The number of aromatic amines is 1. The lowest BCUT2D eigenvalue weighted by molar-refractivity contribution is -0.119. The van der Waals surface area contributed by atoms with Gasteiger partial charge in [0.2, 0.25) is 5.91 Å². The van der Waals surface area contributed by atoms with E-state index in [2.05, 4.69) is 33.4 Å². The molecule has 2 aromatic rings. The second kappa shape index (κ2) is 7.79. The van der Waals surface area contributed by atoms with Crippen LogP contribution in [0.3, 0.4) is 0 Å². The van der Waals surface area contributed by atoms with Crippen LogP contribution < -0.4 is 10.2 Å². The Bertz CT molecular complexity index is 715. The number of carbonyl (C=O) groups excluding carboxylic acids is 1. The minimum atomic E-state index is -0.832. The zero-order valence-electron chi connectivity index (χ0n) is 13.2. The molecule has 134 valence electrons. The molecule has 2 N–H and O–H groups in total. The summed E-state index contributed by atoms with van der Waals surface area (Å²) < 4.78 is 34.5. The third-order valence-corrected chi connectivity index (χ3v) is 4.17. The first-order chi connectivity index (χ1) is 12.1. The van der Waals surface area contributed by atoms with Crippen molar-refractivity contribution in [3.63, 3.8) is 0 Å². The molecule has 1 saturated heterocycles. The highest BCUT2D eigenvalue weighted by Gasteiger charge is 2.25. The average molecular weight is 369 g/mol. The number of hydrogen-bond donors (Lipinski definition) is 3. The molecule has 1 amide bonds. The molecule has 1 aromatic heterocycles. The summed E-state index contributed by atoms with van der Waals surface area (Å²) in [5.41, 5.74) is 0.482. The Balaban J connectivity index is 1.95. The number of carbonyl (C=O) groups is 1. The van der Waals surface area contributed by atoms with Crippen molar-refractivity contribution in [1.29, 1.82) is 0 Å². The van der Waals surface area contributed by atoms with Gasteiger partial charge in [0.05, 0.1) is 25.2 Å². The molecule has 1 aromatic carbocycles. The first-order valence-electron chi connectivity index (χ1n) is 7.67. The van der Waals surface area contributed by atoms with Gasteiger partial charge in [0.1, 0.15) is 29.1 Å². The Hall–Kier alpha value is -2.20. The van der Waals surface area contributed by atoms with E-state index in [1.807, 2.05) is 0 Å². The van der Waals surface area contributed by atoms with Crippen LogP contribution in [-0.4, -0.2) is 53.4 Å². The number of anilines is 1. The fraction of sp³-hybridized carbons (Fsp3) is 0.400. The molecule has 0 aliphatic carbocycles. The molecule has 7 nitrogen and oxygen atoms in total. The van der Waals surface area contributed by atoms with Crippen molar-refractivity contribution in [2.24, 2.45) is 0 Å². The number of aromatic nitrogens is 3. The van der Waals surface area contributed by atoms with Gasteiger partial charge in [-0.25, -0.2) is 8.78 Å². The SMILES string of the molecule is O=C(CS)NC(c1cc(F)c(N2CCOCC2)c(F)c1)c1cn[nH]n1. The smallest absolute Gasteiger partial charge is 0.230 e. The molecule has 0 spiro atoms. The highest BCUT2D eigenvalue weighted by molar-refractivity contribution is 7.81. The standard InChI is InChI=1S/C15H17F2N5O2S/c16-10-5-9(6-11(17)15(10)22-1-3-24-4-2-22)14(19-13(23)8-25)12-7-18-21-20-12/h5-7,14,25H,1-4,8H2,(H,19,23)(H,18,20,21). The quantitative estimate of drug-likeness (QED) is 0.687. The first kappa shape index (κ1) is 17.6. The van der Waals surface area contributed by atoms with Crippen LogP contribution in [0.1, 0.15) is 17.3 Å². The number of morpholine rings is 1. The Morgan fingerprint density at radius 1 is 1.36 bits per heavy atom. The highest BCUT2D eigenvalue weighted by Crippen LogP contribution is 2.30. The van der Waals surface area contributed by atoms with Crippen LogP contribution in [-0.2, 0) is 9.53 Å². The van der Waals surface area contributed by atoms with Gasteiger partial charge in [0.15, 0.2) is 0 Å². The van der Waals surface area contributed by atoms with Gasteiger partial charge in [0.25, 0.3) is 0 Å². The van der Waals surface area contributed by atoms with Crippen molar-refractivity contribution < 1.29 is 18.3 Å². The normalized spacial score (nSPS) is 15.9. The Morgan fingerprint density at radius 2 is 2.04 bits per heavy atom. The molecule has 0 saturated carbocycles. The number of hydrogen-bond acceptors (Lipinski definition) is 6. The lowest BCUT2D eigenvalue weighted by atomic mass is 10.0. The summed E-state index contributed by atoms with van der Waals surface area (Å²) in [5.74, 6) is -1.86. The molecule has 0 bridgehead atoms. The van der Waals surface area contributed by atoms with E-state index >= 15 is 0 Å². The monoisotopic (exact) mass is 369 g/mol. The number of amides is 1. The Kier molecular flexibility index (Phi) is 5.49. The third kappa shape index (κ3) is 3.90. The summed E-state index contributed by atoms with van der Waals surface area (Å²) in [6, 6.07) is 1.57. The summed E-state index contributed by atoms with van der Waals surface area (Å²) in [6.07, 6.45) is 1.38. The molecule has 1 aliphatic heterocycles. The minimum Gasteiger partial charge on any atom is -0.378 e. The van der Waals surface area contributed by atoms with Gasteiger partial charge in [-0.3, -0.25) is 4.79 Å². The van der Waals surface area contributed by atoms with Gasteiger partial charge in [-0.1, -0.05) is 0 Å². The van der Waals surface area contributed by atoms with Crippen LogP contribution >= 0.6 is 12.6 Å². The number of halogens is 2. The lowest BCUT2D eigenvalue weighted by Gasteiger charge is -2.30. The summed E-state index contributed by atoms with van der Waals surface area (Å²) in [4.78, 5) is 13.3. The van der Waals surface area contributed by atoms with Crippen molar-refractivity contribution in [2.45, 2.75) is 6.04 Å². The van der Waals surface area contributed by atoms with Crippen LogP contribution in [0.4, 0.5) is 14.5 Å². The summed E-state index contributed by atoms with van der Waals surface area (Å²) in [6.45, 7) is 1.66. The van der Waals surface area contributed by atoms with Crippen LogP contribution in [0.15, 0.2) is 18.3 Å². The van der Waals surface area contributed by atoms with Crippen molar-refractivity contribution in [3.8, 4) is 0 Å². The molecule has 10 heteroatoms. The molecule has 25 heavy (non-hydrogen) atoms. The highest BCUT2D eigenvalue weighted by atomic mass is 32.1. The second-order valence-corrected chi connectivity index (χ2v) is 5.80. The summed E-state index contributed by atoms with van der Waals surface area (Å²) in [5, 5.41) is 12.6. The maximum atomic E-state index is 14.6. The van der Waals surface area contributed by atoms with E-state index in [1.165, 1.54) is 18.3 Å². The van der Waals surface area contributed by atoms with E-state index in [0.29, 0.717) is 32.0 Å². The maximum absolute atomic E-state index is 14.6. The number of H-pyrrole nitrogens is 1. The van der Waals surface area contributed by atoms with Crippen LogP contribution in [0.5, 0.6) is 0 Å². The number of thiol groups is 1. The number of ether oxygens (including phenoxy) is 1. The van der Waals surface area contributed by atoms with Gasteiger partial charge >= 0.3 is 0 Å². The fourth-order valence-corrected chi connectivity index (χ4v) is 2.82. The van der Waals surface area contributed by atoms with Gasteiger partial charge < -0.3 is 15.0 Å². The van der Waals surface area contributed by atoms with Crippen molar-refractivity contribution in [2.75, 3.05) is 37.0 Å². The van der Waals surface area contributed by atoms with E-state index in [4.69, 9.17) is 4.74 Å². The summed E-state index contributed by atoms with van der Waals surface area (Å²) >= 11 is 3.90. The molecule has 3 rings (SSSR count). The maximum Gasteiger partial charge on any atom is 0.230 e. The fourth-order valence-electron chi connectivity index (χ4n) is 2.73. The molecule has 1 aliphatic rings. The van der Waals surface area contributed by atoms with Crippen LogP contribution in [0.25, 0.3) is 0 Å². The Labute approximate surface area is 148 Å². The first-order valence-corrected chi connectivity index (χ1v) is 8.31. The van der Waals surface area contributed by atoms with Gasteiger partial charge in [-0.15, -0.1) is 0 Å². The molecular weight excluding hydrogens is 352 g/mol. The zero-order chi connectivity index (χ0) is 17.8. The molecular formula is C15H17F2N5O2S. The van der Waals surface area contributed by atoms with Crippen molar-refractivity contribution in [3.05, 3.63) is 41.2 Å². The lowest BCUT2D eigenvalue weighted by Crippen LogP contribution is -2.37. The van der Waals surface area contributed by atoms with E-state index < -0.39 is 23.6 Å². The molecule has 1 unspecified atom stereocenters. The zero-order valence-corrected chi connectivity index (χ0v) is 14.1. The minimum absolute atomic E-state index is 0.0643. The van der Waals surface area contributed by atoms with E-state index in [1.54, 1.807) is 4.90 Å². The topological polar surface area (TPSA) is 83.1 Å². The van der Waals surface area contributed by atoms with Crippen molar-refractivity contribution in [1.82, 2.24) is 20.7 Å².